The van der Waals surface area contributed by atoms with E-state index < -0.39 is 5.91 Å². The van der Waals surface area contributed by atoms with Crippen molar-refractivity contribution in [2.24, 2.45) is 5.73 Å². The highest BCUT2D eigenvalue weighted by Gasteiger charge is 2.14. The second-order valence-electron chi connectivity index (χ2n) is 7.29. The molecule has 0 fully saturated rings. The molecule has 5 nitrogen and oxygen atoms in total. The maximum absolute atomic E-state index is 11.4. The number of benzene rings is 2. The number of nitrogens with two attached hydrogens (primary N) is 1. The van der Waals surface area contributed by atoms with Crippen LogP contribution in [0.1, 0.15) is 27.9 Å². The lowest BCUT2D eigenvalue weighted by Crippen LogP contribution is -2.30. The van der Waals surface area contributed by atoms with Gasteiger partial charge in [0.05, 0.1) is 5.56 Å². The molecular weight excluding hydrogens is 382 g/mol. The Morgan fingerprint density at radius 1 is 1.24 bits per heavy atom. The van der Waals surface area contributed by atoms with E-state index >= 15 is 0 Å². The van der Waals surface area contributed by atoms with Gasteiger partial charge in [-0.15, -0.1) is 0 Å². The smallest absolute Gasteiger partial charge is 0.252 e. The van der Waals surface area contributed by atoms with Crippen molar-refractivity contribution in [3.05, 3.63) is 71.4 Å². The van der Waals surface area contributed by atoms with Gasteiger partial charge in [-0.05, 0) is 35.3 Å². The van der Waals surface area contributed by atoms with Crippen molar-refractivity contribution in [3.63, 3.8) is 0 Å². The van der Waals surface area contributed by atoms with Gasteiger partial charge < -0.3 is 15.8 Å². The summed E-state index contributed by atoms with van der Waals surface area (Å²) in [4.78, 5) is 17.0. The minimum Gasteiger partial charge on any atom is -0.507 e. The number of hydrogen-bond acceptors (Lipinski definition) is 4. The topological polar surface area (TPSA) is 82.4 Å². The lowest BCUT2D eigenvalue weighted by atomic mass is 10.00. The summed E-state index contributed by atoms with van der Waals surface area (Å²) in [5, 5.41) is 11.0. The largest absolute Gasteiger partial charge is 0.507 e. The number of aromatic amines is 1. The predicted molar refractivity (Wildman–Crippen MR) is 120 cm³/mol. The molecule has 4 rings (SSSR count). The van der Waals surface area contributed by atoms with Crippen LogP contribution in [-0.4, -0.2) is 46.3 Å². The third-order valence-corrected chi connectivity index (χ3v) is 6.38. The van der Waals surface area contributed by atoms with Gasteiger partial charge in [0.25, 0.3) is 5.91 Å². The van der Waals surface area contributed by atoms with E-state index in [4.69, 9.17) is 5.73 Å². The molecule has 0 atom stereocenters. The van der Waals surface area contributed by atoms with E-state index in [0.717, 1.165) is 54.0 Å². The van der Waals surface area contributed by atoms with Crippen molar-refractivity contribution in [3.8, 4) is 5.75 Å². The summed E-state index contributed by atoms with van der Waals surface area (Å²) in [6, 6.07) is 13.9. The van der Waals surface area contributed by atoms with Gasteiger partial charge in [0.2, 0.25) is 0 Å². The molecular formula is C23H25N3O2S. The predicted octanol–water partition coefficient (Wildman–Crippen LogP) is 3.99. The summed E-state index contributed by atoms with van der Waals surface area (Å²) in [5.74, 6) is 1.21. The zero-order valence-corrected chi connectivity index (χ0v) is 17.0. The van der Waals surface area contributed by atoms with Gasteiger partial charge in [-0.3, -0.25) is 9.69 Å². The van der Waals surface area contributed by atoms with Crippen LogP contribution in [0.5, 0.6) is 5.75 Å². The average molecular weight is 408 g/mol. The number of carbonyl (C=O) groups is 1. The maximum atomic E-state index is 11.4. The van der Waals surface area contributed by atoms with Gasteiger partial charge in [0, 0.05) is 48.2 Å². The van der Waals surface area contributed by atoms with Crippen molar-refractivity contribution in [2.45, 2.75) is 12.2 Å². The van der Waals surface area contributed by atoms with Crippen LogP contribution in [0.3, 0.4) is 0 Å². The molecule has 0 saturated carbocycles. The molecule has 1 aliphatic heterocycles. The quantitative estimate of drug-likeness (QED) is 0.517. The Bertz CT molecular complexity index is 1040. The standard InChI is InChI=1S/C23H25N3O2S/c24-23(28)20-12-21-19(13-22(20)27)18(14-25-21)15-29-11-10-26-8-6-17(7-9-26)16-4-2-1-3-5-16/h1-6,12-14,25,27H,7-11,15H2,(H2,24,28). The summed E-state index contributed by atoms with van der Waals surface area (Å²) in [7, 11) is 0. The summed E-state index contributed by atoms with van der Waals surface area (Å²) < 4.78 is 0. The fourth-order valence-corrected chi connectivity index (χ4v) is 4.73. The number of thioether (sulfide) groups is 1. The highest BCUT2D eigenvalue weighted by Crippen LogP contribution is 2.29. The molecule has 0 spiro atoms. The van der Waals surface area contributed by atoms with Gasteiger partial charge in [-0.2, -0.15) is 11.8 Å². The zero-order chi connectivity index (χ0) is 20.2. The molecule has 1 amide bonds. The van der Waals surface area contributed by atoms with Crippen LogP contribution in [0.4, 0.5) is 0 Å². The van der Waals surface area contributed by atoms with Crippen LogP contribution >= 0.6 is 11.8 Å². The number of primary amides is 1. The first-order valence-electron chi connectivity index (χ1n) is 9.79. The van der Waals surface area contributed by atoms with Gasteiger partial charge in [-0.25, -0.2) is 0 Å². The van der Waals surface area contributed by atoms with Crippen molar-refractivity contribution < 1.29 is 9.90 Å². The minimum atomic E-state index is -0.624. The SMILES string of the molecule is NC(=O)c1cc2[nH]cc(CSCCN3CC=C(c4ccccc4)CC3)c2cc1O. The molecule has 3 aromatic rings. The number of amides is 1. The van der Waals surface area contributed by atoms with Crippen molar-refractivity contribution in [1.82, 2.24) is 9.88 Å². The van der Waals surface area contributed by atoms with E-state index in [2.05, 4.69) is 46.3 Å². The minimum absolute atomic E-state index is 0.0647. The second-order valence-corrected chi connectivity index (χ2v) is 8.40. The second kappa shape index (κ2) is 8.76. The normalized spacial score (nSPS) is 14.8. The fraction of sp³-hybridized carbons (Fsp3) is 0.261. The highest BCUT2D eigenvalue weighted by molar-refractivity contribution is 7.98. The Kier molecular flexibility index (Phi) is 5.92. The Labute approximate surface area is 174 Å². The van der Waals surface area contributed by atoms with Gasteiger partial charge >= 0.3 is 0 Å². The summed E-state index contributed by atoms with van der Waals surface area (Å²) in [6.45, 7) is 3.16. The van der Waals surface area contributed by atoms with Crippen LogP contribution in [-0.2, 0) is 5.75 Å². The average Bonchev–Trinajstić information content (AvgIpc) is 3.13. The molecule has 150 valence electrons. The van der Waals surface area contributed by atoms with Gasteiger partial charge in [-0.1, -0.05) is 36.4 Å². The zero-order valence-electron chi connectivity index (χ0n) is 16.2. The molecule has 0 unspecified atom stereocenters. The van der Waals surface area contributed by atoms with Crippen molar-refractivity contribution >= 4 is 34.1 Å². The van der Waals surface area contributed by atoms with Gasteiger partial charge in [0.15, 0.2) is 0 Å². The molecule has 2 heterocycles. The van der Waals surface area contributed by atoms with E-state index in [0.29, 0.717) is 0 Å². The lowest BCUT2D eigenvalue weighted by Gasteiger charge is -2.26. The number of aromatic nitrogens is 1. The summed E-state index contributed by atoms with van der Waals surface area (Å²) in [5.41, 5.74) is 10.2. The lowest BCUT2D eigenvalue weighted by molar-refractivity contribution is 0.0998. The monoisotopic (exact) mass is 407 g/mol. The van der Waals surface area contributed by atoms with E-state index in [9.17, 15) is 9.90 Å². The molecule has 0 saturated heterocycles. The number of fused-ring (bicyclic) bond motifs is 1. The van der Waals surface area contributed by atoms with Crippen molar-refractivity contribution in [1.29, 1.82) is 0 Å². The number of H-pyrrole nitrogens is 1. The molecule has 0 radical (unpaired) electrons. The van der Waals surface area contributed by atoms with Crippen LogP contribution in [0, 0.1) is 0 Å². The molecule has 1 aromatic heterocycles. The van der Waals surface area contributed by atoms with Crippen LogP contribution < -0.4 is 5.73 Å². The maximum Gasteiger partial charge on any atom is 0.252 e. The number of carbonyl (C=O) groups excluding carboxylic acids is 1. The molecule has 1 aliphatic rings. The molecule has 2 aromatic carbocycles. The van der Waals surface area contributed by atoms with Crippen molar-refractivity contribution in [2.75, 3.05) is 25.4 Å². The molecule has 0 bridgehead atoms. The van der Waals surface area contributed by atoms with E-state index in [1.807, 2.05) is 18.0 Å². The summed E-state index contributed by atoms with van der Waals surface area (Å²) in [6.07, 6.45) is 5.39. The van der Waals surface area contributed by atoms with E-state index in [-0.39, 0.29) is 11.3 Å². The Balaban J connectivity index is 1.29. The number of nitrogens with zero attached hydrogens (tertiary/aromatic N) is 1. The number of aromatic hydroxyl groups is 1. The van der Waals surface area contributed by atoms with Crippen LogP contribution in [0.25, 0.3) is 16.5 Å². The van der Waals surface area contributed by atoms with E-state index in [1.165, 1.54) is 11.1 Å². The Morgan fingerprint density at radius 2 is 2.07 bits per heavy atom. The first-order chi connectivity index (χ1) is 14.1. The third kappa shape index (κ3) is 4.49. The highest BCUT2D eigenvalue weighted by atomic mass is 32.2. The van der Waals surface area contributed by atoms with Gasteiger partial charge in [0.1, 0.15) is 5.75 Å². The third-order valence-electron chi connectivity index (χ3n) is 5.40. The Hall–Kier alpha value is -2.70. The summed E-state index contributed by atoms with van der Waals surface area (Å²) >= 11 is 1.88. The van der Waals surface area contributed by atoms with E-state index in [1.54, 1.807) is 12.1 Å². The number of phenols is 1. The fourth-order valence-electron chi connectivity index (χ4n) is 3.74. The van der Waals surface area contributed by atoms with Crippen LogP contribution in [0.15, 0.2) is 54.7 Å². The molecule has 4 N–H and O–H groups in total. The number of hydrogen-bond donors (Lipinski definition) is 3. The number of nitrogens with one attached hydrogen (secondary N) is 1. The first-order valence-corrected chi connectivity index (χ1v) is 10.9. The number of rotatable bonds is 7. The molecule has 6 heteroatoms. The molecule has 29 heavy (non-hydrogen) atoms. The Morgan fingerprint density at radius 3 is 2.79 bits per heavy atom. The first kappa shape index (κ1) is 19.6. The molecule has 0 aliphatic carbocycles. The van der Waals surface area contributed by atoms with Crippen LogP contribution in [0.2, 0.25) is 0 Å².